The van der Waals surface area contributed by atoms with Crippen LogP contribution in [0.1, 0.15) is 5.56 Å². The SMILES string of the molecule is C=C(OC)c1cc(Cl)sc1Cl. The lowest BCUT2D eigenvalue weighted by Crippen LogP contribution is -1.81. The molecule has 0 saturated carbocycles. The standard InChI is InChI=1S/C7H6Cl2OS/c1-4(10-2)5-3-6(8)11-7(5)9/h3H,1H2,2H3. The zero-order valence-electron chi connectivity index (χ0n) is 5.86. The molecule has 0 unspecified atom stereocenters. The first-order chi connectivity index (χ1) is 5.15. The van der Waals surface area contributed by atoms with Gasteiger partial charge in [-0.1, -0.05) is 29.8 Å². The van der Waals surface area contributed by atoms with E-state index in [1.54, 1.807) is 13.2 Å². The first-order valence-electron chi connectivity index (χ1n) is 2.83. The molecule has 4 heteroatoms. The van der Waals surface area contributed by atoms with Crippen molar-refractivity contribution in [1.82, 2.24) is 0 Å². The Bertz CT molecular complexity index is 280. The molecular formula is C7H6Cl2OS. The van der Waals surface area contributed by atoms with Gasteiger partial charge >= 0.3 is 0 Å². The lowest BCUT2D eigenvalue weighted by Gasteiger charge is -1.99. The molecule has 0 aliphatic heterocycles. The highest BCUT2D eigenvalue weighted by Gasteiger charge is 2.08. The minimum atomic E-state index is 0.540. The number of halogens is 2. The predicted molar refractivity (Wildman–Crippen MR) is 50.4 cm³/mol. The molecule has 0 radical (unpaired) electrons. The van der Waals surface area contributed by atoms with E-state index in [2.05, 4.69) is 6.58 Å². The second-order valence-electron chi connectivity index (χ2n) is 1.87. The van der Waals surface area contributed by atoms with Crippen molar-refractivity contribution < 1.29 is 4.74 Å². The number of thiophene rings is 1. The third-order valence-electron chi connectivity index (χ3n) is 1.20. The lowest BCUT2D eigenvalue weighted by atomic mass is 10.3. The van der Waals surface area contributed by atoms with Crippen molar-refractivity contribution in [2.24, 2.45) is 0 Å². The lowest BCUT2D eigenvalue weighted by molar-refractivity contribution is 0.371. The van der Waals surface area contributed by atoms with E-state index in [0.717, 1.165) is 5.56 Å². The van der Waals surface area contributed by atoms with Crippen molar-refractivity contribution >= 4 is 40.3 Å². The summed E-state index contributed by atoms with van der Waals surface area (Å²) < 4.78 is 6.15. The molecule has 0 aromatic carbocycles. The Balaban J connectivity index is 3.03. The van der Waals surface area contributed by atoms with Crippen LogP contribution in [0.4, 0.5) is 0 Å². The molecule has 1 heterocycles. The maximum Gasteiger partial charge on any atom is 0.121 e. The van der Waals surface area contributed by atoms with Gasteiger partial charge in [0.25, 0.3) is 0 Å². The maximum atomic E-state index is 5.81. The summed E-state index contributed by atoms with van der Waals surface area (Å²) in [5, 5.41) is 0. The molecule has 0 aliphatic rings. The summed E-state index contributed by atoms with van der Waals surface area (Å²) in [6.45, 7) is 3.66. The molecule has 60 valence electrons. The molecule has 11 heavy (non-hydrogen) atoms. The van der Waals surface area contributed by atoms with Crippen LogP contribution in [0, 0.1) is 0 Å². The zero-order chi connectivity index (χ0) is 8.43. The largest absolute Gasteiger partial charge is 0.497 e. The Morgan fingerprint density at radius 3 is 2.64 bits per heavy atom. The Hall–Kier alpha value is -0.180. The number of methoxy groups -OCH3 is 1. The van der Waals surface area contributed by atoms with Crippen molar-refractivity contribution in [3.05, 3.63) is 26.9 Å². The molecule has 0 N–H and O–H groups in total. The quantitative estimate of drug-likeness (QED) is 0.675. The minimum Gasteiger partial charge on any atom is -0.497 e. The van der Waals surface area contributed by atoms with Crippen LogP contribution in [-0.4, -0.2) is 7.11 Å². The predicted octanol–water partition coefficient (Wildman–Crippen LogP) is 3.67. The fourth-order valence-corrected chi connectivity index (χ4v) is 2.14. The highest BCUT2D eigenvalue weighted by Crippen LogP contribution is 2.34. The van der Waals surface area contributed by atoms with Crippen molar-refractivity contribution in [2.45, 2.75) is 0 Å². The van der Waals surface area contributed by atoms with Gasteiger partial charge in [0.05, 0.1) is 11.4 Å². The van der Waals surface area contributed by atoms with Gasteiger partial charge in [-0.2, -0.15) is 0 Å². The summed E-state index contributed by atoms with van der Waals surface area (Å²) in [6.07, 6.45) is 0. The monoisotopic (exact) mass is 208 g/mol. The number of hydrogen-bond donors (Lipinski definition) is 0. The first kappa shape index (κ1) is 8.91. The molecule has 0 amide bonds. The van der Waals surface area contributed by atoms with Crippen LogP contribution in [-0.2, 0) is 4.74 Å². The average molecular weight is 209 g/mol. The fourth-order valence-electron chi connectivity index (χ4n) is 0.640. The van der Waals surface area contributed by atoms with Crippen molar-refractivity contribution in [1.29, 1.82) is 0 Å². The van der Waals surface area contributed by atoms with Gasteiger partial charge in [-0.25, -0.2) is 0 Å². The molecule has 1 aromatic rings. The summed E-state index contributed by atoms with van der Waals surface area (Å²) in [5.41, 5.74) is 0.768. The molecule has 1 nitrogen and oxygen atoms in total. The second kappa shape index (κ2) is 3.48. The van der Waals surface area contributed by atoms with E-state index in [9.17, 15) is 0 Å². The van der Waals surface area contributed by atoms with E-state index in [-0.39, 0.29) is 0 Å². The fraction of sp³-hybridized carbons (Fsp3) is 0.143. The van der Waals surface area contributed by atoms with Crippen LogP contribution in [0.5, 0.6) is 0 Å². The third-order valence-corrected chi connectivity index (χ3v) is 2.69. The van der Waals surface area contributed by atoms with E-state index in [0.29, 0.717) is 14.4 Å². The molecule has 0 bridgehead atoms. The zero-order valence-corrected chi connectivity index (χ0v) is 8.19. The third kappa shape index (κ3) is 1.89. The molecule has 1 rings (SSSR count). The van der Waals surface area contributed by atoms with Crippen molar-refractivity contribution in [3.8, 4) is 0 Å². The maximum absolute atomic E-state index is 5.81. The molecular weight excluding hydrogens is 203 g/mol. The average Bonchev–Trinajstić information content (AvgIpc) is 2.28. The summed E-state index contributed by atoms with van der Waals surface area (Å²) in [5.74, 6) is 0.540. The van der Waals surface area contributed by atoms with Crippen LogP contribution in [0.15, 0.2) is 12.6 Å². The summed E-state index contributed by atoms with van der Waals surface area (Å²) >= 11 is 12.8. The van der Waals surface area contributed by atoms with Gasteiger partial charge in [-0.05, 0) is 6.07 Å². The topological polar surface area (TPSA) is 9.23 Å². The molecule has 0 saturated heterocycles. The number of ether oxygens (including phenoxy) is 1. The van der Waals surface area contributed by atoms with E-state index >= 15 is 0 Å². The van der Waals surface area contributed by atoms with Gasteiger partial charge in [0.2, 0.25) is 0 Å². The highest BCUT2D eigenvalue weighted by atomic mass is 35.5. The van der Waals surface area contributed by atoms with Gasteiger partial charge in [0.1, 0.15) is 10.1 Å². The summed E-state index contributed by atoms with van der Waals surface area (Å²) in [6, 6.07) is 1.74. The van der Waals surface area contributed by atoms with Crippen LogP contribution in [0.3, 0.4) is 0 Å². The normalized spacial score (nSPS) is 9.73. The van der Waals surface area contributed by atoms with Gasteiger partial charge in [-0.3, -0.25) is 0 Å². The van der Waals surface area contributed by atoms with E-state index < -0.39 is 0 Å². The smallest absolute Gasteiger partial charge is 0.121 e. The molecule has 1 aromatic heterocycles. The summed E-state index contributed by atoms with van der Waals surface area (Å²) in [7, 11) is 1.55. The second-order valence-corrected chi connectivity index (χ2v) is 4.15. The Morgan fingerprint density at radius 1 is 1.64 bits per heavy atom. The Labute approximate surface area is 79.2 Å². The van der Waals surface area contributed by atoms with Crippen molar-refractivity contribution in [3.63, 3.8) is 0 Å². The van der Waals surface area contributed by atoms with E-state index in [4.69, 9.17) is 27.9 Å². The molecule has 0 spiro atoms. The minimum absolute atomic E-state index is 0.540. The molecule has 0 atom stereocenters. The van der Waals surface area contributed by atoms with Crippen LogP contribution in [0.25, 0.3) is 5.76 Å². The van der Waals surface area contributed by atoms with Crippen LogP contribution < -0.4 is 0 Å². The number of hydrogen-bond acceptors (Lipinski definition) is 2. The van der Waals surface area contributed by atoms with Gasteiger partial charge in [0.15, 0.2) is 0 Å². The molecule has 0 aliphatic carbocycles. The highest BCUT2D eigenvalue weighted by molar-refractivity contribution is 7.20. The van der Waals surface area contributed by atoms with Crippen LogP contribution in [0.2, 0.25) is 8.67 Å². The van der Waals surface area contributed by atoms with Gasteiger partial charge < -0.3 is 4.74 Å². The first-order valence-corrected chi connectivity index (χ1v) is 4.40. The molecule has 0 fully saturated rings. The van der Waals surface area contributed by atoms with Gasteiger partial charge in [-0.15, -0.1) is 11.3 Å². The Morgan fingerprint density at radius 2 is 2.27 bits per heavy atom. The van der Waals surface area contributed by atoms with E-state index in [1.165, 1.54) is 11.3 Å². The van der Waals surface area contributed by atoms with E-state index in [1.807, 2.05) is 0 Å². The van der Waals surface area contributed by atoms with Crippen molar-refractivity contribution in [2.75, 3.05) is 7.11 Å². The summed E-state index contributed by atoms with van der Waals surface area (Å²) in [4.78, 5) is 0. The van der Waals surface area contributed by atoms with Crippen LogP contribution >= 0.6 is 34.5 Å². The Kier molecular flexibility index (Phi) is 2.82. The number of rotatable bonds is 2. The van der Waals surface area contributed by atoms with Gasteiger partial charge in [0, 0.05) is 5.56 Å².